The van der Waals surface area contributed by atoms with Crippen molar-refractivity contribution < 1.29 is 37.4 Å². The lowest BCUT2D eigenvalue weighted by Crippen LogP contribution is -2.45. The number of aliphatic carboxylic acids is 1. The number of amides is 1. The van der Waals surface area contributed by atoms with Gasteiger partial charge in [-0.05, 0) is 24.5 Å². The molecule has 0 saturated carbocycles. The lowest BCUT2D eigenvalue weighted by Gasteiger charge is -2.32. The molecule has 1 aromatic rings. The van der Waals surface area contributed by atoms with E-state index in [2.05, 4.69) is 4.90 Å². The quantitative estimate of drug-likeness (QED) is 0.833. The van der Waals surface area contributed by atoms with Crippen molar-refractivity contribution in [3.05, 3.63) is 24.2 Å². The average Bonchev–Trinajstić information content (AvgIpc) is 3.15. The number of fused-ring (bicyclic) bond motifs is 2. The number of carboxylic acids is 1. The fourth-order valence-corrected chi connectivity index (χ4v) is 3.18. The summed E-state index contributed by atoms with van der Waals surface area (Å²) in [4.78, 5) is 25.3. The van der Waals surface area contributed by atoms with E-state index in [0.717, 1.165) is 26.1 Å². The second-order valence-electron chi connectivity index (χ2n) is 5.96. The third-order valence-electron chi connectivity index (χ3n) is 4.17. The Balaban J connectivity index is 0.000000277. The number of halogens is 3. The second-order valence-corrected chi connectivity index (χ2v) is 5.96. The topological polar surface area (TPSA) is 94.2 Å². The van der Waals surface area contributed by atoms with Gasteiger partial charge in [0.15, 0.2) is 5.76 Å². The lowest BCUT2D eigenvalue weighted by molar-refractivity contribution is -0.192. The Bertz CT molecular complexity index is 590. The summed E-state index contributed by atoms with van der Waals surface area (Å²) < 4.78 is 36.9. The number of carbonyl (C=O) groups excluding carboxylic acids is 1. The van der Waals surface area contributed by atoms with Gasteiger partial charge < -0.3 is 19.5 Å². The average molecular weight is 364 g/mol. The summed E-state index contributed by atoms with van der Waals surface area (Å²) in [6, 6.07) is 3.85. The fourth-order valence-electron chi connectivity index (χ4n) is 3.18. The van der Waals surface area contributed by atoms with Crippen LogP contribution >= 0.6 is 0 Å². The number of furan rings is 1. The summed E-state index contributed by atoms with van der Waals surface area (Å²) in [6.45, 7) is 3.44. The van der Waals surface area contributed by atoms with Gasteiger partial charge in [0, 0.05) is 32.2 Å². The van der Waals surface area contributed by atoms with Gasteiger partial charge in [0.1, 0.15) is 0 Å². The number of hydrogen-bond donors (Lipinski definition) is 2. The van der Waals surface area contributed by atoms with Crippen LogP contribution in [-0.2, 0) is 4.79 Å². The highest BCUT2D eigenvalue weighted by Gasteiger charge is 2.40. The molecular formula is C15H19F3N2O5. The molecule has 2 aliphatic rings. The third kappa shape index (κ3) is 4.95. The maximum absolute atomic E-state index is 12.2. The predicted molar refractivity (Wildman–Crippen MR) is 78.9 cm³/mol. The van der Waals surface area contributed by atoms with E-state index in [1.807, 2.05) is 4.90 Å². The minimum atomic E-state index is -5.08. The van der Waals surface area contributed by atoms with Gasteiger partial charge in [0.25, 0.3) is 5.91 Å². The van der Waals surface area contributed by atoms with Crippen LogP contribution in [0.3, 0.4) is 0 Å². The highest BCUT2D eigenvalue weighted by Crippen LogP contribution is 2.30. The SMILES string of the molecule is O=C(O)C(F)(F)F.O=C(c1ccco1)N1CC2CC(C1)N(CCO)C2. The van der Waals surface area contributed by atoms with E-state index in [1.54, 1.807) is 12.1 Å². The van der Waals surface area contributed by atoms with E-state index in [0.29, 0.717) is 24.3 Å². The van der Waals surface area contributed by atoms with E-state index in [4.69, 9.17) is 19.4 Å². The van der Waals surface area contributed by atoms with Crippen LogP contribution in [0.2, 0.25) is 0 Å². The molecule has 2 atom stereocenters. The molecule has 7 nitrogen and oxygen atoms in total. The molecular weight excluding hydrogens is 345 g/mol. The van der Waals surface area contributed by atoms with Crippen LogP contribution in [0.5, 0.6) is 0 Å². The minimum Gasteiger partial charge on any atom is -0.475 e. The molecule has 3 rings (SSSR count). The van der Waals surface area contributed by atoms with E-state index in [9.17, 15) is 18.0 Å². The zero-order valence-electron chi connectivity index (χ0n) is 13.3. The van der Waals surface area contributed by atoms with Crippen molar-refractivity contribution in [1.29, 1.82) is 0 Å². The number of hydrogen-bond acceptors (Lipinski definition) is 5. The first-order chi connectivity index (χ1) is 11.7. The molecule has 140 valence electrons. The molecule has 3 heterocycles. The number of carbonyl (C=O) groups is 2. The van der Waals surface area contributed by atoms with Gasteiger partial charge >= 0.3 is 12.1 Å². The molecule has 2 fully saturated rings. The van der Waals surface area contributed by atoms with Crippen LogP contribution in [0.15, 0.2) is 22.8 Å². The number of β-amino-alcohol motifs (C(OH)–C–C–N with tert-alkyl or cyclic N) is 1. The highest BCUT2D eigenvalue weighted by atomic mass is 19.4. The molecule has 1 amide bonds. The first-order valence-corrected chi connectivity index (χ1v) is 7.70. The normalized spacial score (nSPS) is 23.1. The number of piperidine rings is 1. The van der Waals surface area contributed by atoms with Crippen LogP contribution in [0, 0.1) is 5.92 Å². The first-order valence-electron chi connectivity index (χ1n) is 7.70. The molecule has 0 spiro atoms. The Morgan fingerprint density at radius 3 is 2.48 bits per heavy atom. The van der Waals surface area contributed by atoms with Crippen molar-refractivity contribution in [3.63, 3.8) is 0 Å². The number of aliphatic hydroxyl groups excluding tert-OH is 1. The highest BCUT2D eigenvalue weighted by molar-refractivity contribution is 5.91. The van der Waals surface area contributed by atoms with Crippen LogP contribution < -0.4 is 0 Å². The molecule has 10 heteroatoms. The standard InChI is InChI=1S/C13H18N2O3.C2HF3O2/c16-4-3-14-7-10-6-11(14)9-15(8-10)13(17)12-2-1-5-18-12;3-2(4,5)1(6)7/h1-2,5,10-11,16H,3-4,6-9H2;(H,6,7). The Morgan fingerprint density at radius 2 is 1.96 bits per heavy atom. The summed E-state index contributed by atoms with van der Waals surface area (Å²) >= 11 is 0. The maximum atomic E-state index is 12.2. The van der Waals surface area contributed by atoms with Crippen molar-refractivity contribution in [2.75, 3.05) is 32.8 Å². The largest absolute Gasteiger partial charge is 0.490 e. The number of carboxylic acid groups (broad SMARTS) is 1. The molecule has 2 saturated heterocycles. The van der Waals surface area contributed by atoms with Crippen LogP contribution in [0.1, 0.15) is 17.0 Å². The minimum absolute atomic E-state index is 0.0134. The molecule has 2 aliphatic heterocycles. The molecule has 0 radical (unpaired) electrons. The zero-order chi connectivity index (χ0) is 18.6. The fraction of sp³-hybridized carbons (Fsp3) is 0.600. The Hall–Kier alpha value is -2.07. The molecule has 2 bridgehead atoms. The molecule has 25 heavy (non-hydrogen) atoms. The molecule has 2 N–H and O–H groups in total. The third-order valence-corrected chi connectivity index (χ3v) is 4.17. The molecule has 0 aliphatic carbocycles. The van der Waals surface area contributed by atoms with Crippen molar-refractivity contribution in [2.24, 2.45) is 5.92 Å². The van der Waals surface area contributed by atoms with Gasteiger partial charge in [-0.25, -0.2) is 4.79 Å². The van der Waals surface area contributed by atoms with E-state index in [-0.39, 0.29) is 12.5 Å². The number of nitrogens with zero attached hydrogens (tertiary/aromatic N) is 2. The van der Waals surface area contributed by atoms with Crippen LogP contribution in [0.4, 0.5) is 13.2 Å². The van der Waals surface area contributed by atoms with Gasteiger partial charge in [-0.15, -0.1) is 0 Å². The number of rotatable bonds is 3. The Labute approximate surface area is 141 Å². The molecule has 2 unspecified atom stereocenters. The summed E-state index contributed by atoms with van der Waals surface area (Å²) in [5.74, 6) is -1.81. The van der Waals surface area contributed by atoms with Gasteiger partial charge in [-0.1, -0.05) is 0 Å². The zero-order valence-corrected chi connectivity index (χ0v) is 13.3. The van der Waals surface area contributed by atoms with Gasteiger partial charge in [-0.3, -0.25) is 9.69 Å². The number of aliphatic hydroxyl groups is 1. The lowest BCUT2D eigenvalue weighted by atomic mass is 10.00. The number of likely N-dealkylation sites (tertiary alicyclic amines) is 2. The van der Waals surface area contributed by atoms with E-state index >= 15 is 0 Å². The van der Waals surface area contributed by atoms with Gasteiger partial charge in [0.2, 0.25) is 0 Å². The summed E-state index contributed by atoms with van der Waals surface area (Å²) in [5.41, 5.74) is 0. The predicted octanol–water partition coefficient (Wildman–Crippen LogP) is 1.05. The maximum Gasteiger partial charge on any atom is 0.490 e. The van der Waals surface area contributed by atoms with Crippen molar-refractivity contribution >= 4 is 11.9 Å². The van der Waals surface area contributed by atoms with Crippen molar-refractivity contribution in [2.45, 2.75) is 18.6 Å². The van der Waals surface area contributed by atoms with Crippen LogP contribution in [-0.4, -0.2) is 76.9 Å². The first kappa shape index (κ1) is 19.3. The van der Waals surface area contributed by atoms with Crippen molar-refractivity contribution in [3.8, 4) is 0 Å². The van der Waals surface area contributed by atoms with Gasteiger partial charge in [-0.2, -0.15) is 13.2 Å². The van der Waals surface area contributed by atoms with E-state index < -0.39 is 12.1 Å². The Morgan fingerprint density at radius 1 is 1.28 bits per heavy atom. The summed E-state index contributed by atoms with van der Waals surface area (Å²) in [7, 11) is 0. The van der Waals surface area contributed by atoms with Crippen molar-refractivity contribution in [1.82, 2.24) is 9.80 Å². The van der Waals surface area contributed by atoms with Crippen LogP contribution in [0.25, 0.3) is 0 Å². The number of alkyl halides is 3. The molecule has 0 aromatic carbocycles. The smallest absolute Gasteiger partial charge is 0.475 e. The van der Waals surface area contributed by atoms with E-state index in [1.165, 1.54) is 6.26 Å². The second kappa shape index (κ2) is 7.87. The summed E-state index contributed by atoms with van der Waals surface area (Å²) in [6.07, 6.45) is -2.41. The Kier molecular flexibility index (Phi) is 6.07. The monoisotopic (exact) mass is 364 g/mol. The van der Waals surface area contributed by atoms with Gasteiger partial charge in [0.05, 0.1) is 12.9 Å². The molecule has 1 aromatic heterocycles. The summed E-state index contributed by atoms with van der Waals surface area (Å²) in [5, 5.41) is 16.2.